The van der Waals surface area contributed by atoms with E-state index < -0.39 is 9.84 Å². The molecule has 1 saturated carbocycles. The van der Waals surface area contributed by atoms with E-state index in [1.165, 1.54) is 12.7 Å². The molecule has 1 rings (SSSR count). The number of hydrogen-bond donors (Lipinski definition) is 1. The molecule has 3 unspecified atom stereocenters. The Morgan fingerprint density at radius 1 is 1.41 bits per heavy atom. The summed E-state index contributed by atoms with van der Waals surface area (Å²) >= 11 is 0. The molecule has 1 fully saturated rings. The average molecular weight is 261 g/mol. The maximum absolute atomic E-state index is 11.0. The van der Waals surface area contributed by atoms with Crippen LogP contribution in [-0.2, 0) is 9.84 Å². The third kappa shape index (κ3) is 3.95. The van der Waals surface area contributed by atoms with Gasteiger partial charge in [0, 0.05) is 12.8 Å². The molecule has 0 saturated heterocycles. The SMILES string of the molecule is CC(CNCCS(C)(=O)=O)C1CC(C)C1(C)C. The van der Waals surface area contributed by atoms with Crippen molar-refractivity contribution in [2.75, 3.05) is 25.1 Å². The van der Waals surface area contributed by atoms with Crippen molar-refractivity contribution in [1.29, 1.82) is 0 Å². The monoisotopic (exact) mass is 261 g/mol. The van der Waals surface area contributed by atoms with Crippen LogP contribution in [0.5, 0.6) is 0 Å². The molecule has 0 heterocycles. The Bertz CT molecular complexity index is 348. The second kappa shape index (κ2) is 5.27. The lowest BCUT2D eigenvalue weighted by atomic mass is 9.52. The van der Waals surface area contributed by atoms with E-state index in [1.54, 1.807) is 0 Å². The Kier molecular flexibility index (Phi) is 4.64. The summed E-state index contributed by atoms with van der Waals surface area (Å²) in [5, 5.41) is 3.26. The predicted octanol–water partition coefficient (Wildman–Crippen LogP) is 1.94. The Morgan fingerprint density at radius 2 is 2.00 bits per heavy atom. The minimum Gasteiger partial charge on any atom is -0.315 e. The molecular weight excluding hydrogens is 234 g/mol. The van der Waals surface area contributed by atoms with Gasteiger partial charge in [-0.1, -0.05) is 27.7 Å². The molecule has 1 aliphatic rings. The molecule has 17 heavy (non-hydrogen) atoms. The third-order valence-corrected chi connectivity index (χ3v) is 5.58. The maximum Gasteiger partial charge on any atom is 0.148 e. The smallest absolute Gasteiger partial charge is 0.148 e. The molecule has 0 aliphatic heterocycles. The van der Waals surface area contributed by atoms with E-state index in [2.05, 4.69) is 33.0 Å². The largest absolute Gasteiger partial charge is 0.315 e. The average Bonchev–Trinajstić information content (AvgIpc) is 2.19. The van der Waals surface area contributed by atoms with Crippen molar-refractivity contribution in [1.82, 2.24) is 5.32 Å². The molecule has 0 aromatic carbocycles. The van der Waals surface area contributed by atoms with E-state index in [-0.39, 0.29) is 5.75 Å². The summed E-state index contributed by atoms with van der Waals surface area (Å²) in [6, 6.07) is 0. The minimum atomic E-state index is -2.83. The van der Waals surface area contributed by atoms with Gasteiger partial charge in [0.1, 0.15) is 9.84 Å². The van der Waals surface area contributed by atoms with E-state index >= 15 is 0 Å². The molecule has 102 valence electrons. The van der Waals surface area contributed by atoms with Gasteiger partial charge in [-0.15, -0.1) is 0 Å². The van der Waals surface area contributed by atoms with Crippen molar-refractivity contribution in [2.24, 2.45) is 23.2 Å². The van der Waals surface area contributed by atoms with Crippen molar-refractivity contribution < 1.29 is 8.42 Å². The number of rotatable bonds is 6. The summed E-state index contributed by atoms with van der Waals surface area (Å²) in [6.07, 6.45) is 2.59. The van der Waals surface area contributed by atoms with Gasteiger partial charge in [0.05, 0.1) is 5.75 Å². The fourth-order valence-electron chi connectivity index (χ4n) is 2.89. The zero-order valence-electron chi connectivity index (χ0n) is 11.8. The lowest BCUT2D eigenvalue weighted by Gasteiger charge is -2.54. The highest BCUT2D eigenvalue weighted by Crippen LogP contribution is 2.53. The van der Waals surface area contributed by atoms with Crippen LogP contribution in [0, 0.1) is 23.2 Å². The van der Waals surface area contributed by atoms with Crippen molar-refractivity contribution in [2.45, 2.75) is 34.1 Å². The Balaban J connectivity index is 2.25. The van der Waals surface area contributed by atoms with Gasteiger partial charge < -0.3 is 5.32 Å². The molecule has 0 amide bonds. The molecule has 0 aromatic rings. The zero-order valence-corrected chi connectivity index (χ0v) is 12.6. The normalized spacial score (nSPS) is 29.7. The first-order chi connectivity index (χ1) is 7.64. The molecule has 3 atom stereocenters. The van der Waals surface area contributed by atoms with Crippen LogP contribution in [0.25, 0.3) is 0 Å². The van der Waals surface area contributed by atoms with Crippen molar-refractivity contribution in [3.8, 4) is 0 Å². The number of nitrogens with one attached hydrogen (secondary N) is 1. The summed E-state index contributed by atoms with van der Waals surface area (Å²) in [5.74, 6) is 2.44. The van der Waals surface area contributed by atoms with Crippen molar-refractivity contribution in [3.63, 3.8) is 0 Å². The van der Waals surface area contributed by atoms with E-state index in [1.807, 2.05) is 0 Å². The fraction of sp³-hybridized carbons (Fsp3) is 1.00. The van der Waals surface area contributed by atoms with Crippen LogP contribution in [0.4, 0.5) is 0 Å². The summed E-state index contributed by atoms with van der Waals surface area (Å²) in [7, 11) is -2.83. The summed E-state index contributed by atoms with van der Waals surface area (Å²) in [6.45, 7) is 10.8. The summed E-state index contributed by atoms with van der Waals surface area (Å²) < 4.78 is 22.0. The van der Waals surface area contributed by atoms with E-state index in [4.69, 9.17) is 0 Å². The zero-order chi connectivity index (χ0) is 13.3. The molecule has 0 aromatic heterocycles. The molecule has 1 aliphatic carbocycles. The van der Waals surface area contributed by atoms with Crippen LogP contribution >= 0.6 is 0 Å². The molecule has 0 bridgehead atoms. The van der Waals surface area contributed by atoms with Gasteiger partial charge >= 0.3 is 0 Å². The van der Waals surface area contributed by atoms with Gasteiger partial charge in [0.15, 0.2) is 0 Å². The minimum absolute atomic E-state index is 0.240. The highest BCUT2D eigenvalue weighted by molar-refractivity contribution is 7.90. The van der Waals surface area contributed by atoms with E-state index in [0.717, 1.165) is 18.4 Å². The van der Waals surface area contributed by atoms with Crippen LogP contribution in [0.15, 0.2) is 0 Å². The Labute approximate surface area is 106 Å². The van der Waals surface area contributed by atoms with E-state index in [9.17, 15) is 8.42 Å². The van der Waals surface area contributed by atoms with Gasteiger partial charge in [-0.2, -0.15) is 0 Å². The van der Waals surface area contributed by atoms with Gasteiger partial charge in [0.25, 0.3) is 0 Å². The molecule has 1 N–H and O–H groups in total. The third-order valence-electron chi connectivity index (χ3n) is 4.64. The highest BCUT2D eigenvalue weighted by atomic mass is 32.2. The lowest BCUT2D eigenvalue weighted by Crippen LogP contribution is -2.48. The van der Waals surface area contributed by atoms with Crippen molar-refractivity contribution >= 4 is 9.84 Å². The molecular formula is C13H27NO2S. The predicted molar refractivity (Wildman–Crippen MR) is 72.8 cm³/mol. The molecule has 0 spiro atoms. The van der Waals surface area contributed by atoms with E-state index in [0.29, 0.717) is 17.9 Å². The van der Waals surface area contributed by atoms with Gasteiger partial charge in [-0.25, -0.2) is 8.42 Å². The summed E-state index contributed by atoms with van der Waals surface area (Å²) in [5.41, 5.74) is 0.442. The van der Waals surface area contributed by atoms with Crippen LogP contribution in [0.2, 0.25) is 0 Å². The van der Waals surface area contributed by atoms with Crippen LogP contribution in [0.1, 0.15) is 34.1 Å². The number of hydrogen-bond acceptors (Lipinski definition) is 3. The quantitative estimate of drug-likeness (QED) is 0.743. The Morgan fingerprint density at radius 3 is 2.41 bits per heavy atom. The Hall–Kier alpha value is -0.0900. The van der Waals surface area contributed by atoms with Crippen LogP contribution < -0.4 is 5.32 Å². The number of sulfone groups is 1. The molecule has 0 radical (unpaired) electrons. The second-order valence-corrected chi connectivity index (χ2v) is 8.64. The van der Waals surface area contributed by atoms with Gasteiger partial charge in [-0.3, -0.25) is 0 Å². The van der Waals surface area contributed by atoms with Gasteiger partial charge in [-0.05, 0) is 36.1 Å². The summed E-state index contributed by atoms with van der Waals surface area (Å²) in [4.78, 5) is 0. The topological polar surface area (TPSA) is 46.2 Å². The standard InChI is InChI=1S/C13H27NO2S/c1-10(9-14-6-7-17(5,15)16)12-8-11(2)13(12,3)4/h10-12,14H,6-9H2,1-5H3. The highest BCUT2D eigenvalue weighted by Gasteiger charge is 2.47. The molecule has 4 heteroatoms. The van der Waals surface area contributed by atoms with Crippen molar-refractivity contribution in [3.05, 3.63) is 0 Å². The first-order valence-electron chi connectivity index (χ1n) is 6.53. The van der Waals surface area contributed by atoms with Gasteiger partial charge in [0.2, 0.25) is 0 Å². The second-order valence-electron chi connectivity index (χ2n) is 6.38. The molecule has 3 nitrogen and oxygen atoms in total. The lowest BCUT2D eigenvalue weighted by molar-refractivity contribution is -0.0417. The fourth-order valence-corrected chi connectivity index (χ4v) is 3.40. The first-order valence-corrected chi connectivity index (χ1v) is 8.59. The van der Waals surface area contributed by atoms with Crippen LogP contribution in [0.3, 0.4) is 0 Å². The maximum atomic E-state index is 11.0. The first kappa shape index (κ1) is 15.0. The van der Waals surface area contributed by atoms with Crippen LogP contribution in [-0.4, -0.2) is 33.5 Å².